The van der Waals surface area contributed by atoms with Crippen molar-refractivity contribution in [1.82, 2.24) is 4.98 Å². The van der Waals surface area contributed by atoms with Gasteiger partial charge >= 0.3 is 0 Å². The molecule has 2 rings (SSSR count). The number of ether oxygens (including phenoxy) is 1. The highest BCUT2D eigenvalue weighted by atomic mass is 79.9. The molecule has 9 heteroatoms. The third kappa shape index (κ3) is 8.53. The number of hydrogen-bond donors (Lipinski definition) is 2. The fraction of sp³-hybridized carbons (Fsp3) is 0.316. The number of para-hydroxylation sites is 1. The molecule has 0 bridgehead atoms. The van der Waals surface area contributed by atoms with E-state index < -0.39 is 23.3 Å². The number of carbonyl (C=O) groups is 2. The minimum atomic E-state index is -0.800. The molecule has 152 valence electrons. The molecule has 0 spiro atoms. The summed E-state index contributed by atoms with van der Waals surface area (Å²) in [6, 6.07) is 6.69. The Labute approximate surface area is 170 Å². The van der Waals surface area contributed by atoms with E-state index in [-0.39, 0.29) is 12.4 Å². The van der Waals surface area contributed by atoms with E-state index in [4.69, 9.17) is 16.2 Å². The Bertz CT molecular complexity index is 771. The summed E-state index contributed by atoms with van der Waals surface area (Å²) < 4.78 is 31.7. The fourth-order valence-corrected chi connectivity index (χ4v) is 2.50. The molecule has 0 aliphatic heterocycles. The summed E-state index contributed by atoms with van der Waals surface area (Å²) in [6.45, 7) is 0.297. The van der Waals surface area contributed by atoms with Crippen LogP contribution in [0.15, 0.2) is 41.1 Å². The van der Waals surface area contributed by atoms with Crippen molar-refractivity contribution < 1.29 is 23.1 Å². The molecule has 6 nitrogen and oxygen atoms in total. The van der Waals surface area contributed by atoms with Gasteiger partial charge in [-0.1, -0.05) is 12.5 Å². The number of ketones is 1. The van der Waals surface area contributed by atoms with Gasteiger partial charge in [-0.05, 0) is 59.6 Å². The molecule has 4 N–H and O–H groups in total. The van der Waals surface area contributed by atoms with Crippen LogP contribution in [0.1, 0.15) is 36.0 Å². The molecule has 1 heterocycles. The molecule has 0 radical (unpaired) electrons. The Morgan fingerprint density at radius 2 is 1.75 bits per heavy atom. The van der Waals surface area contributed by atoms with Gasteiger partial charge in [-0.3, -0.25) is 9.59 Å². The van der Waals surface area contributed by atoms with Gasteiger partial charge in [0.15, 0.2) is 23.2 Å². The third-order valence-corrected chi connectivity index (χ3v) is 4.11. The molecular formula is C19H22BrF2N3O3. The van der Waals surface area contributed by atoms with Gasteiger partial charge in [0.25, 0.3) is 5.91 Å². The van der Waals surface area contributed by atoms with E-state index in [0.717, 1.165) is 31.4 Å². The highest BCUT2D eigenvalue weighted by molar-refractivity contribution is 9.10. The van der Waals surface area contributed by atoms with E-state index in [0.29, 0.717) is 23.1 Å². The van der Waals surface area contributed by atoms with Crippen molar-refractivity contribution in [3.8, 4) is 5.75 Å². The van der Waals surface area contributed by atoms with E-state index in [1.807, 2.05) is 0 Å². The van der Waals surface area contributed by atoms with E-state index in [9.17, 15) is 18.4 Å². The lowest BCUT2D eigenvalue weighted by Crippen LogP contribution is -2.12. The van der Waals surface area contributed by atoms with Gasteiger partial charge in [0, 0.05) is 12.6 Å². The second kappa shape index (κ2) is 12.9. The SMILES string of the molecule is NC(=O)c1cccnc1Br.NCCCCCC(=O)COc1c(F)cccc1F. The molecule has 0 aliphatic rings. The molecule has 28 heavy (non-hydrogen) atoms. The smallest absolute Gasteiger partial charge is 0.251 e. The van der Waals surface area contributed by atoms with Gasteiger partial charge < -0.3 is 16.2 Å². The maximum absolute atomic E-state index is 13.2. The van der Waals surface area contributed by atoms with E-state index in [2.05, 4.69) is 20.9 Å². The summed E-state index contributed by atoms with van der Waals surface area (Å²) in [5.41, 5.74) is 10.7. The number of unbranched alkanes of at least 4 members (excludes halogenated alkanes) is 2. The summed E-state index contributed by atoms with van der Waals surface area (Å²) in [6.07, 6.45) is 4.39. The van der Waals surface area contributed by atoms with E-state index in [1.54, 1.807) is 18.3 Å². The number of amides is 1. The van der Waals surface area contributed by atoms with Crippen LogP contribution in [0.5, 0.6) is 5.75 Å². The number of nitrogens with zero attached hydrogens (tertiary/aromatic N) is 1. The number of pyridine rings is 1. The first-order chi connectivity index (χ1) is 13.4. The number of primary amides is 1. The van der Waals surface area contributed by atoms with Gasteiger partial charge in [-0.2, -0.15) is 0 Å². The van der Waals surface area contributed by atoms with Gasteiger partial charge in [-0.25, -0.2) is 13.8 Å². The van der Waals surface area contributed by atoms with Crippen molar-refractivity contribution >= 4 is 27.6 Å². The zero-order valence-electron chi connectivity index (χ0n) is 15.2. The lowest BCUT2D eigenvalue weighted by molar-refractivity contribution is -0.121. The molecule has 0 unspecified atom stereocenters. The summed E-state index contributed by atoms with van der Waals surface area (Å²) >= 11 is 3.08. The maximum Gasteiger partial charge on any atom is 0.251 e. The first kappa shape index (κ1) is 23.6. The summed E-state index contributed by atoms with van der Waals surface area (Å²) in [7, 11) is 0. The lowest BCUT2D eigenvalue weighted by Gasteiger charge is -2.07. The molecular weight excluding hydrogens is 436 g/mol. The number of carbonyl (C=O) groups excluding carboxylic acids is 2. The van der Waals surface area contributed by atoms with E-state index >= 15 is 0 Å². The Kier molecular flexibility index (Phi) is 10.9. The Balaban J connectivity index is 0.000000330. The molecule has 0 saturated carbocycles. The zero-order chi connectivity index (χ0) is 20.9. The van der Waals surface area contributed by atoms with Crippen LogP contribution in [0.3, 0.4) is 0 Å². The van der Waals surface area contributed by atoms with Crippen LogP contribution in [-0.2, 0) is 4.79 Å². The van der Waals surface area contributed by atoms with Crippen LogP contribution in [0, 0.1) is 11.6 Å². The number of benzene rings is 1. The number of Topliss-reactive ketones (excluding diaryl/α,β-unsaturated/α-hetero) is 1. The van der Waals surface area contributed by atoms with Crippen LogP contribution in [0.2, 0.25) is 0 Å². The molecule has 2 aromatic rings. The van der Waals surface area contributed by atoms with Crippen molar-refractivity contribution in [3.05, 3.63) is 58.3 Å². The topological polar surface area (TPSA) is 108 Å². The molecule has 0 atom stereocenters. The first-order valence-corrected chi connectivity index (χ1v) is 9.35. The fourth-order valence-electron chi connectivity index (χ4n) is 2.06. The monoisotopic (exact) mass is 457 g/mol. The minimum Gasteiger partial charge on any atom is -0.480 e. The highest BCUT2D eigenvalue weighted by Gasteiger charge is 2.11. The maximum atomic E-state index is 13.2. The third-order valence-electron chi connectivity index (χ3n) is 3.48. The molecule has 1 aromatic carbocycles. The summed E-state index contributed by atoms with van der Waals surface area (Å²) in [5, 5.41) is 0. The molecule has 0 aliphatic carbocycles. The number of aromatic nitrogens is 1. The van der Waals surface area contributed by atoms with Crippen LogP contribution in [-0.4, -0.2) is 29.8 Å². The average molecular weight is 458 g/mol. The molecule has 0 saturated heterocycles. The molecule has 1 amide bonds. The summed E-state index contributed by atoms with van der Waals surface area (Å²) in [4.78, 5) is 25.8. The average Bonchev–Trinajstić information content (AvgIpc) is 2.65. The van der Waals surface area contributed by atoms with Crippen LogP contribution >= 0.6 is 15.9 Å². The number of hydrogen-bond acceptors (Lipinski definition) is 5. The number of rotatable bonds is 9. The quantitative estimate of drug-likeness (QED) is 0.443. The zero-order valence-corrected chi connectivity index (χ0v) is 16.8. The van der Waals surface area contributed by atoms with Crippen molar-refractivity contribution in [2.24, 2.45) is 11.5 Å². The second-order valence-electron chi connectivity index (χ2n) is 5.68. The van der Waals surface area contributed by atoms with Crippen molar-refractivity contribution in [2.75, 3.05) is 13.2 Å². The summed E-state index contributed by atoms with van der Waals surface area (Å²) in [5.74, 6) is -2.74. The first-order valence-electron chi connectivity index (χ1n) is 8.55. The van der Waals surface area contributed by atoms with Crippen molar-refractivity contribution in [1.29, 1.82) is 0 Å². The Morgan fingerprint density at radius 1 is 1.07 bits per heavy atom. The molecule has 0 fully saturated rings. The van der Waals surface area contributed by atoms with Crippen LogP contribution < -0.4 is 16.2 Å². The second-order valence-corrected chi connectivity index (χ2v) is 6.43. The largest absolute Gasteiger partial charge is 0.480 e. The van der Waals surface area contributed by atoms with Crippen LogP contribution in [0.25, 0.3) is 0 Å². The Hall–Kier alpha value is -2.39. The number of halogens is 3. The van der Waals surface area contributed by atoms with Gasteiger partial charge in [0.1, 0.15) is 11.2 Å². The standard InChI is InChI=1S/C13H17F2NO2.C6H5BrN2O/c14-11-6-4-7-12(15)13(11)18-9-10(17)5-2-1-3-8-16;7-5-4(6(8)10)2-1-3-9-5/h4,6-7H,1-3,5,8-9,16H2;1-3H,(H2,8,10). The normalized spacial score (nSPS) is 10.0. The highest BCUT2D eigenvalue weighted by Crippen LogP contribution is 2.20. The Morgan fingerprint density at radius 3 is 2.29 bits per heavy atom. The minimum absolute atomic E-state index is 0.172. The molecule has 1 aromatic heterocycles. The van der Waals surface area contributed by atoms with E-state index in [1.165, 1.54) is 6.07 Å². The van der Waals surface area contributed by atoms with Gasteiger partial charge in [0.05, 0.1) is 5.56 Å². The van der Waals surface area contributed by atoms with Crippen molar-refractivity contribution in [2.45, 2.75) is 25.7 Å². The van der Waals surface area contributed by atoms with Gasteiger partial charge in [0.2, 0.25) is 0 Å². The predicted octanol–water partition coefficient (Wildman–Crippen LogP) is 3.37. The van der Waals surface area contributed by atoms with Crippen molar-refractivity contribution in [3.63, 3.8) is 0 Å². The van der Waals surface area contributed by atoms with Crippen LogP contribution in [0.4, 0.5) is 8.78 Å². The van der Waals surface area contributed by atoms with Gasteiger partial charge in [-0.15, -0.1) is 0 Å². The lowest BCUT2D eigenvalue weighted by atomic mass is 10.1. The predicted molar refractivity (Wildman–Crippen MR) is 105 cm³/mol. The number of nitrogens with two attached hydrogens (primary N) is 2.